The van der Waals surface area contributed by atoms with Gasteiger partial charge in [0.25, 0.3) is 0 Å². The number of carbonyl (C=O) groups excluding carboxylic acids is 1. The van der Waals surface area contributed by atoms with E-state index >= 15 is 0 Å². The zero-order valence-electron chi connectivity index (χ0n) is 11.1. The number of hydrogen-bond acceptors (Lipinski definition) is 2. The van der Waals surface area contributed by atoms with Gasteiger partial charge in [0.2, 0.25) is 0 Å². The first-order valence-electron chi connectivity index (χ1n) is 6.09. The maximum absolute atomic E-state index is 10.5. The second-order valence-corrected chi connectivity index (χ2v) is 4.14. The van der Waals surface area contributed by atoms with Gasteiger partial charge in [-0.15, -0.1) is 0 Å². The summed E-state index contributed by atoms with van der Waals surface area (Å²) in [5, 5.41) is 3.83. The number of aldehydes is 1. The molecule has 0 heterocycles. The van der Waals surface area contributed by atoms with Crippen LogP contribution in [-0.2, 0) is 11.2 Å². The first-order chi connectivity index (χ1) is 8.17. The van der Waals surface area contributed by atoms with Gasteiger partial charge < -0.3 is 10.1 Å². The molecule has 0 fully saturated rings. The molecule has 0 aliphatic heterocycles. The number of carbonyl (C=O) groups is 1. The first kappa shape index (κ1) is 16.0. The maximum atomic E-state index is 10.5. The standard InChI is InChI=1S/C12H16ClNO.C2H6/c1-9(8-15)3-4-10-5-6-11(13)7-12(10)14-2;1-2/h5-9,14H,3-4H2,1-2H3;1-2H3. The van der Waals surface area contributed by atoms with Crippen LogP contribution in [0.25, 0.3) is 0 Å². The van der Waals surface area contributed by atoms with Crippen LogP contribution >= 0.6 is 11.6 Å². The third kappa shape index (κ3) is 5.73. The van der Waals surface area contributed by atoms with Gasteiger partial charge in [-0.25, -0.2) is 0 Å². The average Bonchev–Trinajstić information content (AvgIpc) is 2.39. The van der Waals surface area contributed by atoms with Crippen molar-refractivity contribution in [2.75, 3.05) is 12.4 Å². The highest BCUT2D eigenvalue weighted by atomic mass is 35.5. The Morgan fingerprint density at radius 2 is 2.06 bits per heavy atom. The molecule has 96 valence electrons. The molecule has 2 nitrogen and oxygen atoms in total. The number of aryl methyl sites for hydroxylation is 1. The van der Waals surface area contributed by atoms with Crippen LogP contribution in [0, 0.1) is 5.92 Å². The van der Waals surface area contributed by atoms with E-state index in [9.17, 15) is 4.79 Å². The predicted molar refractivity (Wildman–Crippen MR) is 75.9 cm³/mol. The molecule has 1 N–H and O–H groups in total. The predicted octanol–water partition coefficient (Wildman–Crippen LogP) is 4.18. The van der Waals surface area contributed by atoms with Crippen LogP contribution in [0.3, 0.4) is 0 Å². The minimum Gasteiger partial charge on any atom is -0.388 e. The second-order valence-electron chi connectivity index (χ2n) is 3.70. The lowest BCUT2D eigenvalue weighted by Crippen LogP contribution is -2.01. The zero-order chi connectivity index (χ0) is 13.3. The molecule has 0 radical (unpaired) electrons. The molecule has 0 bridgehead atoms. The maximum Gasteiger partial charge on any atom is 0.122 e. The van der Waals surface area contributed by atoms with Crippen molar-refractivity contribution in [3.63, 3.8) is 0 Å². The van der Waals surface area contributed by atoms with Crippen LogP contribution < -0.4 is 5.32 Å². The highest BCUT2D eigenvalue weighted by Crippen LogP contribution is 2.22. The summed E-state index contributed by atoms with van der Waals surface area (Å²) >= 11 is 5.89. The first-order valence-corrected chi connectivity index (χ1v) is 6.46. The molecule has 0 saturated heterocycles. The van der Waals surface area contributed by atoms with E-state index in [4.69, 9.17) is 11.6 Å². The Morgan fingerprint density at radius 3 is 2.59 bits per heavy atom. The molecule has 1 aromatic carbocycles. The molecule has 1 rings (SSSR count). The third-order valence-corrected chi connectivity index (χ3v) is 2.68. The van der Waals surface area contributed by atoms with Crippen molar-refractivity contribution >= 4 is 23.6 Å². The summed E-state index contributed by atoms with van der Waals surface area (Å²) in [7, 11) is 1.87. The van der Waals surface area contributed by atoms with Crippen molar-refractivity contribution in [2.45, 2.75) is 33.6 Å². The lowest BCUT2D eigenvalue weighted by Gasteiger charge is -2.10. The van der Waals surface area contributed by atoms with Gasteiger partial charge >= 0.3 is 0 Å². The van der Waals surface area contributed by atoms with E-state index in [1.54, 1.807) is 0 Å². The third-order valence-electron chi connectivity index (χ3n) is 2.44. The Hall–Kier alpha value is -1.02. The van der Waals surface area contributed by atoms with Crippen LogP contribution in [0.5, 0.6) is 0 Å². The normalized spacial score (nSPS) is 11.1. The van der Waals surface area contributed by atoms with E-state index in [0.717, 1.165) is 29.8 Å². The zero-order valence-corrected chi connectivity index (χ0v) is 11.8. The van der Waals surface area contributed by atoms with Crippen molar-refractivity contribution < 1.29 is 4.79 Å². The smallest absolute Gasteiger partial charge is 0.122 e. The van der Waals surface area contributed by atoms with Crippen molar-refractivity contribution in [1.29, 1.82) is 0 Å². The van der Waals surface area contributed by atoms with Crippen LogP contribution in [0.2, 0.25) is 5.02 Å². The number of benzene rings is 1. The summed E-state index contributed by atoms with van der Waals surface area (Å²) in [4.78, 5) is 10.5. The molecule has 0 spiro atoms. The summed E-state index contributed by atoms with van der Waals surface area (Å²) in [5.74, 6) is 0.116. The highest BCUT2D eigenvalue weighted by Gasteiger charge is 2.05. The summed E-state index contributed by atoms with van der Waals surface area (Å²) in [6.07, 6.45) is 2.77. The van der Waals surface area contributed by atoms with Crippen LogP contribution in [0.1, 0.15) is 32.8 Å². The molecule has 17 heavy (non-hydrogen) atoms. The van der Waals surface area contributed by atoms with E-state index < -0.39 is 0 Å². The summed E-state index contributed by atoms with van der Waals surface area (Å²) in [5.41, 5.74) is 2.25. The minimum atomic E-state index is 0.116. The lowest BCUT2D eigenvalue weighted by molar-refractivity contribution is -0.110. The second kappa shape index (κ2) is 9.06. The van der Waals surface area contributed by atoms with Crippen LogP contribution in [-0.4, -0.2) is 13.3 Å². The van der Waals surface area contributed by atoms with Gasteiger partial charge in [-0.05, 0) is 30.5 Å². The fourth-order valence-corrected chi connectivity index (χ4v) is 1.62. The molecular formula is C14H22ClNO. The van der Waals surface area contributed by atoms with Crippen molar-refractivity contribution in [3.05, 3.63) is 28.8 Å². The molecule has 0 aromatic heterocycles. The molecule has 0 saturated carbocycles. The lowest BCUT2D eigenvalue weighted by atomic mass is 10.0. The number of hydrogen-bond donors (Lipinski definition) is 1. The molecular weight excluding hydrogens is 234 g/mol. The van der Waals surface area contributed by atoms with E-state index in [1.165, 1.54) is 5.56 Å². The summed E-state index contributed by atoms with van der Waals surface area (Å²) < 4.78 is 0. The fraction of sp³-hybridized carbons (Fsp3) is 0.500. The van der Waals surface area contributed by atoms with Gasteiger partial charge in [0.05, 0.1) is 0 Å². The van der Waals surface area contributed by atoms with Gasteiger partial charge in [0.15, 0.2) is 0 Å². The van der Waals surface area contributed by atoms with Crippen molar-refractivity contribution in [1.82, 2.24) is 0 Å². The molecule has 1 aromatic rings. The largest absolute Gasteiger partial charge is 0.388 e. The van der Waals surface area contributed by atoms with Crippen LogP contribution in [0.4, 0.5) is 5.69 Å². The van der Waals surface area contributed by atoms with Gasteiger partial charge in [-0.2, -0.15) is 0 Å². The van der Waals surface area contributed by atoms with E-state index in [1.807, 2.05) is 46.0 Å². The van der Waals surface area contributed by atoms with E-state index in [-0.39, 0.29) is 5.92 Å². The Bertz CT molecular complexity index is 339. The Kier molecular flexibility index (Phi) is 8.51. The van der Waals surface area contributed by atoms with Crippen molar-refractivity contribution in [3.8, 4) is 0 Å². The Labute approximate surface area is 109 Å². The molecule has 1 unspecified atom stereocenters. The summed E-state index contributed by atoms with van der Waals surface area (Å²) in [6.45, 7) is 5.93. The number of rotatable bonds is 5. The van der Waals surface area contributed by atoms with Gasteiger partial charge in [-0.1, -0.05) is 38.4 Å². The molecule has 0 amide bonds. The molecule has 0 aliphatic rings. The van der Waals surface area contributed by atoms with Gasteiger partial charge in [0.1, 0.15) is 6.29 Å². The monoisotopic (exact) mass is 255 g/mol. The Balaban J connectivity index is 0.00000121. The summed E-state index contributed by atoms with van der Waals surface area (Å²) in [6, 6.07) is 5.79. The van der Waals surface area contributed by atoms with Gasteiger partial charge in [-0.3, -0.25) is 0 Å². The van der Waals surface area contributed by atoms with Gasteiger partial charge in [0, 0.05) is 23.7 Å². The number of halogens is 1. The molecule has 3 heteroatoms. The van der Waals surface area contributed by atoms with E-state index in [0.29, 0.717) is 0 Å². The fourth-order valence-electron chi connectivity index (χ4n) is 1.45. The number of nitrogens with one attached hydrogen (secondary N) is 1. The van der Waals surface area contributed by atoms with E-state index in [2.05, 4.69) is 5.32 Å². The average molecular weight is 256 g/mol. The van der Waals surface area contributed by atoms with Crippen molar-refractivity contribution in [2.24, 2.45) is 5.92 Å². The molecule has 1 atom stereocenters. The SMILES string of the molecule is CC.CNc1cc(Cl)ccc1CCC(C)C=O. The minimum absolute atomic E-state index is 0.116. The quantitative estimate of drug-likeness (QED) is 0.800. The highest BCUT2D eigenvalue weighted by molar-refractivity contribution is 6.30. The number of anilines is 1. The molecule has 0 aliphatic carbocycles. The van der Waals surface area contributed by atoms with Crippen LogP contribution in [0.15, 0.2) is 18.2 Å². The Morgan fingerprint density at radius 1 is 1.41 bits per heavy atom. The topological polar surface area (TPSA) is 29.1 Å².